The summed E-state index contributed by atoms with van der Waals surface area (Å²) in [5.41, 5.74) is 1.92. The van der Waals surface area contributed by atoms with Crippen LogP contribution in [0.25, 0.3) is 11.3 Å². The molecule has 0 radical (unpaired) electrons. The third-order valence-electron chi connectivity index (χ3n) is 7.75. The molecule has 3 amide bonds. The van der Waals surface area contributed by atoms with Crippen LogP contribution < -0.4 is 20.1 Å². The number of hydrogen-bond donors (Lipinski definition) is 2. The van der Waals surface area contributed by atoms with E-state index in [4.69, 9.17) is 9.47 Å². The molecule has 2 aromatic heterocycles. The van der Waals surface area contributed by atoms with E-state index in [9.17, 15) is 14.4 Å². The zero-order valence-electron chi connectivity index (χ0n) is 27.3. The predicted octanol–water partition coefficient (Wildman–Crippen LogP) is 3.53. The molecule has 5 rings (SSSR count). The van der Waals surface area contributed by atoms with Gasteiger partial charge in [0.25, 0.3) is 11.8 Å². The lowest BCUT2D eigenvalue weighted by Crippen LogP contribution is -2.44. The van der Waals surface area contributed by atoms with E-state index in [0.717, 1.165) is 5.56 Å². The molecule has 0 unspecified atom stereocenters. The van der Waals surface area contributed by atoms with Crippen LogP contribution in [0.4, 0.5) is 0 Å². The van der Waals surface area contributed by atoms with E-state index < -0.39 is 11.9 Å². The molecular formula is C34H40N8O5. The molecule has 1 aliphatic rings. The predicted molar refractivity (Wildman–Crippen MR) is 174 cm³/mol. The van der Waals surface area contributed by atoms with Crippen LogP contribution in [0.5, 0.6) is 11.5 Å². The van der Waals surface area contributed by atoms with Crippen molar-refractivity contribution >= 4 is 17.7 Å². The van der Waals surface area contributed by atoms with Crippen molar-refractivity contribution in [2.75, 3.05) is 33.4 Å². The van der Waals surface area contributed by atoms with Crippen molar-refractivity contribution in [2.45, 2.75) is 46.7 Å². The van der Waals surface area contributed by atoms with Gasteiger partial charge in [-0.25, -0.2) is 19.6 Å². The van der Waals surface area contributed by atoms with E-state index in [1.807, 2.05) is 44.2 Å². The molecular weight excluding hydrogens is 600 g/mol. The van der Waals surface area contributed by atoms with Crippen LogP contribution in [-0.4, -0.2) is 80.7 Å². The molecule has 0 spiro atoms. The lowest BCUT2D eigenvalue weighted by atomic mass is 10.0. The molecule has 1 aliphatic heterocycles. The first kappa shape index (κ1) is 33.0. The number of benzene rings is 2. The van der Waals surface area contributed by atoms with Crippen molar-refractivity contribution < 1.29 is 23.9 Å². The first-order valence-electron chi connectivity index (χ1n) is 15.6. The van der Waals surface area contributed by atoms with Gasteiger partial charge >= 0.3 is 0 Å². The highest BCUT2D eigenvalue weighted by atomic mass is 16.5. The molecule has 3 heterocycles. The number of aryl methyl sites for hydroxylation is 2. The Hall–Kier alpha value is -5.33. The summed E-state index contributed by atoms with van der Waals surface area (Å²) in [7, 11) is 1.54. The van der Waals surface area contributed by atoms with Crippen LogP contribution in [0.15, 0.2) is 54.7 Å². The number of ether oxygens (including phenoxy) is 2. The van der Waals surface area contributed by atoms with Crippen molar-refractivity contribution in [3.8, 4) is 22.8 Å². The molecule has 246 valence electrons. The first-order valence-corrected chi connectivity index (χ1v) is 15.6. The third-order valence-corrected chi connectivity index (χ3v) is 7.75. The molecule has 2 aromatic carbocycles. The molecule has 0 aliphatic carbocycles. The Morgan fingerprint density at radius 2 is 1.81 bits per heavy atom. The number of nitrogens with zero attached hydrogens (tertiary/aromatic N) is 6. The number of amides is 3. The molecule has 13 nitrogen and oxygen atoms in total. The van der Waals surface area contributed by atoms with Gasteiger partial charge in [0.15, 0.2) is 11.5 Å². The van der Waals surface area contributed by atoms with Gasteiger partial charge in [0, 0.05) is 30.4 Å². The fourth-order valence-corrected chi connectivity index (χ4v) is 5.40. The molecule has 0 fully saturated rings. The number of aromatic nitrogens is 5. The maximum atomic E-state index is 14.2. The van der Waals surface area contributed by atoms with Crippen LogP contribution in [0, 0.1) is 19.8 Å². The Labute approximate surface area is 273 Å². The minimum absolute atomic E-state index is 0.0425. The lowest BCUT2D eigenvalue weighted by molar-refractivity contribution is -0.123. The maximum Gasteiger partial charge on any atom is 0.258 e. The number of rotatable bonds is 4. The molecule has 13 heteroatoms. The molecule has 47 heavy (non-hydrogen) atoms. The zero-order chi connectivity index (χ0) is 33.5. The second-order valence-electron chi connectivity index (χ2n) is 11.6. The Balaban J connectivity index is 1.49. The van der Waals surface area contributed by atoms with Crippen molar-refractivity contribution in [3.63, 3.8) is 0 Å². The van der Waals surface area contributed by atoms with Gasteiger partial charge in [0.2, 0.25) is 5.91 Å². The summed E-state index contributed by atoms with van der Waals surface area (Å²) >= 11 is 0. The van der Waals surface area contributed by atoms with Gasteiger partial charge in [-0.1, -0.05) is 44.2 Å². The number of nitrogens with one attached hydrogen (secondary N) is 2. The number of carbonyl (C=O) groups is 3. The number of carbonyl (C=O) groups excluding carboxylic acids is 3. The highest BCUT2D eigenvalue weighted by Gasteiger charge is 2.28. The van der Waals surface area contributed by atoms with Gasteiger partial charge in [0.05, 0.1) is 37.5 Å². The Morgan fingerprint density at radius 3 is 2.55 bits per heavy atom. The number of fused-ring (bicyclic) bond motifs is 3. The summed E-state index contributed by atoms with van der Waals surface area (Å²) in [5.74, 6) is 1.45. The summed E-state index contributed by atoms with van der Waals surface area (Å²) in [6.07, 6.45) is 1.89. The van der Waals surface area contributed by atoms with Crippen molar-refractivity contribution in [2.24, 2.45) is 5.92 Å². The van der Waals surface area contributed by atoms with E-state index in [1.165, 1.54) is 18.2 Å². The van der Waals surface area contributed by atoms with Gasteiger partial charge in [-0.15, -0.1) is 0 Å². The SMILES string of the molecule is COc1ccc2cc1OCCn1nc(C)nc1[C@H](C(C)C)NC(=O)CN(C(=O)c1cnc(C)nc1-c1ccccc1)CCCNC2=O. The smallest absolute Gasteiger partial charge is 0.258 e. The van der Waals surface area contributed by atoms with Crippen LogP contribution >= 0.6 is 0 Å². The standard InChI is InChI=1S/C34H40N8O5/c1-21(2)30-32-38-23(4)40-42(32)16-17-47-28-18-25(12-13-27(28)46-5)33(44)35-14-9-15-41(20-29(43)39-30)34(45)26-19-36-22(3)37-31(26)24-10-7-6-8-11-24/h6-8,10-13,18-19,21,30H,9,14-17,20H2,1-5H3,(H,35,44)(H,39,43)/t30-/m0/s1. The fourth-order valence-electron chi connectivity index (χ4n) is 5.40. The third kappa shape index (κ3) is 7.91. The topological polar surface area (TPSA) is 153 Å². The van der Waals surface area contributed by atoms with Gasteiger partial charge < -0.3 is 25.0 Å². The summed E-state index contributed by atoms with van der Waals surface area (Å²) < 4.78 is 13.2. The van der Waals surface area contributed by atoms with Crippen LogP contribution in [0.3, 0.4) is 0 Å². The van der Waals surface area contributed by atoms with E-state index in [-0.39, 0.29) is 49.5 Å². The van der Waals surface area contributed by atoms with E-state index >= 15 is 0 Å². The first-order chi connectivity index (χ1) is 22.6. The molecule has 2 bridgehead atoms. The summed E-state index contributed by atoms with van der Waals surface area (Å²) in [6.45, 7) is 8.28. The monoisotopic (exact) mass is 640 g/mol. The Morgan fingerprint density at radius 1 is 1.02 bits per heavy atom. The Kier molecular flexibility index (Phi) is 10.4. The summed E-state index contributed by atoms with van der Waals surface area (Å²) in [4.78, 5) is 55.9. The average Bonchev–Trinajstić information content (AvgIpc) is 3.43. The maximum absolute atomic E-state index is 14.2. The molecule has 0 saturated heterocycles. The highest BCUT2D eigenvalue weighted by Crippen LogP contribution is 2.29. The van der Waals surface area contributed by atoms with Crippen molar-refractivity contribution in [1.82, 2.24) is 40.3 Å². The normalized spacial score (nSPS) is 16.3. The van der Waals surface area contributed by atoms with Gasteiger partial charge in [-0.3, -0.25) is 14.4 Å². The highest BCUT2D eigenvalue weighted by molar-refractivity contribution is 6.01. The largest absolute Gasteiger partial charge is 0.493 e. The molecule has 2 N–H and O–H groups in total. The summed E-state index contributed by atoms with van der Waals surface area (Å²) in [6, 6.07) is 13.9. The van der Waals surface area contributed by atoms with E-state index in [0.29, 0.717) is 53.2 Å². The minimum atomic E-state index is -0.487. The van der Waals surface area contributed by atoms with Gasteiger partial charge in [-0.05, 0) is 44.4 Å². The van der Waals surface area contributed by atoms with Crippen LogP contribution in [-0.2, 0) is 11.3 Å². The van der Waals surface area contributed by atoms with Gasteiger partial charge in [-0.2, -0.15) is 5.10 Å². The fraction of sp³-hybridized carbons (Fsp3) is 0.382. The molecule has 0 saturated carbocycles. The second kappa shape index (κ2) is 14.8. The van der Waals surface area contributed by atoms with Crippen molar-refractivity contribution in [3.05, 3.63) is 83.3 Å². The number of methoxy groups -OCH3 is 1. The number of hydrogen-bond acceptors (Lipinski definition) is 9. The van der Waals surface area contributed by atoms with Crippen LogP contribution in [0.1, 0.15) is 64.5 Å². The van der Waals surface area contributed by atoms with E-state index in [1.54, 1.807) is 36.7 Å². The molecule has 1 atom stereocenters. The zero-order valence-corrected chi connectivity index (χ0v) is 27.3. The second-order valence-corrected chi connectivity index (χ2v) is 11.6. The summed E-state index contributed by atoms with van der Waals surface area (Å²) in [5, 5.41) is 10.6. The van der Waals surface area contributed by atoms with Crippen LogP contribution in [0.2, 0.25) is 0 Å². The average molecular weight is 641 g/mol. The Bertz CT molecular complexity index is 1740. The van der Waals surface area contributed by atoms with Crippen molar-refractivity contribution in [1.29, 1.82) is 0 Å². The lowest BCUT2D eigenvalue weighted by Gasteiger charge is -2.26. The quantitative estimate of drug-likeness (QED) is 0.341. The van der Waals surface area contributed by atoms with E-state index in [2.05, 4.69) is 30.7 Å². The molecule has 4 aromatic rings. The van der Waals surface area contributed by atoms with Gasteiger partial charge in [0.1, 0.15) is 24.1 Å². The minimum Gasteiger partial charge on any atom is -0.493 e.